The summed E-state index contributed by atoms with van der Waals surface area (Å²) >= 11 is 12.0. The van der Waals surface area contributed by atoms with E-state index in [1.807, 2.05) is 6.92 Å². The summed E-state index contributed by atoms with van der Waals surface area (Å²) in [6, 6.07) is 6.96. The van der Waals surface area contributed by atoms with Gasteiger partial charge in [0.15, 0.2) is 5.82 Å². The molecule has 0 atom stereocenters. The normalized spacial score (nSPS) is 10.4. The predicted molar refractivity (Wildman–Crippen MR) is 68.8 cm³/mol. The third-order valence-electron chi connectivity index (χ3n) is 2.21. The molecule has 1 heterocycles. The van der Waals surface area contributed by atoms with Crippen LogP contribution in [0.15, 0.2) is 24.3 Å². The summed E-state index contributed by atoms with van der Waals surface area (Å²) in [6.07, 6.45) is 0. The molecule has 2 aromatic rings. The molecule has 0 amide bonds. The van der Waals surface area contributed by atoms with E-state index in [-0.39, 0.29) is 0 Å². The van der Waals surface area contributed by atoms with E-state index in [4.69, 9.17) is 27.9 Å². The minimum atomic E-state index is 0.513. The quantitative estimate of drug-likeness (QED) is 0.832. The van der Waals surface area contributed by atoms with Crippen LogP contribution in [-0.2, 0) is 0 Å². The van der Waals surface area contributed by atoms with Crippen molar-refractivity contribution in [2.45, 2.75) is 6.92 Å². The Balaban J connectivity index is 2.55. The summed E-state index contributed by atoms with van der Waals surface area (Å²) in [7, 11) is 1.56. The van der Waals surface area contributed by atoms with Crippen molar-refractivity contribution in [1.82, 2.24) is 9.97 Å². The van der Waals surface area contributed by atoms with Gasteiger partial charge in [-0.3, -0.25) is 0 Å². The fourth-order valence-electron chi connectivity index (χ4n) is 1.44. The van der Waals surface area contributed by atoms with Crippen molar-refractivity contribution in [3.63, 3.8) is 0 Å². The first-order valence-electron chi connectivity index (χ1n) is 4.95. The first-order chi connectivity index (χ1) is 8.10. The van der Waals surface area contributed by atoms with Crippen LogP contribution in [0.5, 0.6) is 5.88 Å². The number of benzene rings is 1. The SMILES string of the molecule is COc1cc(C)nc(-c2ccc(Cl)cc2Cl)n1. The van der Waals surface area contributed by atoms with Crippen molar-refractivity contribution in [3.8, 4) is 17.3 Å². The highest BCUT2D eigenvalue weighted by atomic mass is 35.5. The van der Waals surface area contributed by atoms with Gasteiger partial charge in [0.05, 0.1) is 12.1 Å². The lowest BCUT2D eigenvalue weighted by Crippen LogP contribution is -1.96. The molecule has 0 bridgehead atoms. The first kappa shape index (κ1) is 12.1. The number of aromatic nitrogens is 2. The maximum atomic E-state index is 6.11. The maximum Gasteiger partial charge on any atom is 0.216 e. The molecule has 17 heavy (non-hydrogen) atoms. The van der Waals surface area contributed by atoms with Crippen molar-refractivity contribution in [2.75, 3.05) is 7.11 Å². The van der Waals surface area contributed by atoms with Crippen LogP contribution < -0.4 is 4.74 Å². The molecular weight excluding hydrogens is 259 g/mol. The number of aryl methyl sites for hydroxylation is 1. The third-order valence-corrected chi connectivity index (χ3v) is 2.76. The molecular formula is C12H10Cl2N2O. The van der Waals surface area contributed by atoms with Crippen LogP contribution in [0.4, 0.5) is 0 Å². The van der Waals surface area contributed by atoms with Crippen LogP contribution in [0.3, 0.4) is 0 Å². The average Bonchev–Trinajstić information content (AvgIpc) is 2.28. The lowest BCUT2D eigenvalue weighted by Gasteiger charge is -2.06. The van der Waals surface area contributed by atoms with Crippen LogP contribution in [0.25, 0.3) is 11.4 Å². The standard InChI is InChI=1S/C12H10Cl2N2O/c1-7-5-11(17-2)16-12(15-7)9-4-3-8(13)6-10(9)14/h3-6H,1-2H3. The van der Waals surface area contributed by atoms with Crippen molar-refractivity contribution < 1.29 is 4.74 Å². The zero-order chi connectivity index (χ0) is 12.4. The van der Waals surface area contributed by atoms with Gasteiger partial charge in [-0.25, -0.2) is 4.98 Å². The second-order valence-electron chi connectivity index (χ2n) is 3.50. The van der Waals surface area contributed by atoms with Crippen LogP contribution in [0, 0.1) is 6.92 Å². The van der Waals surface area contributed by atoms with E-state index in [1.165, 1.54) is 0 Å². The zero-order valence-corrected chi connectivity index (χ0v) is 10.9. The predicted octanol–water partition coefficient (Wildman–Crippen LogP) is 3.77. The molecule has 88 valence electrons. The first-order valence-corrected chi connectivity index (χ1v) is 5.71. The molecule has 0 spiro atoms. The highest BCUT2D eigenvalue weighted by molar-refractivity contribution is 6.36. The van der Waals surface area contributed by atoms with E-state index in [9.17, 15) is 0 Å². The minimum Gasteiger partial charge on any atom is -0.481 e. The smallest absolute Gasteiger partial charge is 0.216 e. The Hall–Kier alpha value is -1.32. The van der Waals surface area contributed by atoms with E-state index >= 15 is 0 Å². The molecule has 3 nitrogen and oxygen atoms in total. The zero-order valence-electron chi connectivity index (χ0n) is 9.37. The monoisotopic (exact) mass is 268 g/mol. The largest absolute Gasteiger partial charge is 0.481 e. The second kappa shape index (κ2) is 4.90. The van der Waals surface area contributed by atoms with E-state index in [0.717, 1.165) is 11.3 Å². The topological polar surface area (TPSA) is 35.0 Å². The summed E-state index contributed by atoms with van der Waals surface area (Å²) < 4.78 is 5.10. The van der Waals surface area contributed by atoms with Gasteiger partial charge in [-0.15, -0.1) is 0 Å². The lowest BCUT2D eigenvalue weighted by atomic mass is 10.2. The fraction of sp³-hybridized carbons (Fsp3) is 0.167. The van der Waals surface area contributed by atoms with E-state index in [2.05, 4.69) is 9.97 Å². The van der Waals surface area contributed by atoms with Gasteiger partial charge in [0, 0.05) is 22.3 Å². The van der Waals surface area contributed by atoms with Gasteiger partial charge in [-0.1, -0.05) is 23.2 Å². The maximum absolute atomic E-state index is 6.11. The fourth-order valence-corrected chi connectivity index (χ4v) is 1.93. The van der Waals surface area contributed by atoms with Crippen LogP contribution >= 0.6 is 23.2 Å². The van der Waals surface area contributed by atoms with Crippen molar-refractivity contribution in [2.24, 2.45) is 0 Å². The van der Waals surface area contributed by atoms with Gasteiger partial charge < -0.3 is 4.74 Å². The van der Waals surface area contributed by atoms with Crippen LogP contribution in [-0.4, -0.2) is 17.1 Å². The molecule has 0 aliphatic rings. The Bertz CT molecular complexity index is 558. The van der Waals surface area contributed by atoms with Crippen molar-refractivity contribution in [3.05, 3.63) is 40.0 Å². The van der Waals surface area contributed by atoms with E-state index < -0.39 is 0 Å². The second-order valence-corrected chi connectivity index (χ2v) is 4.34. The number of rotatable bonds is 2. The Kier molecular flexibility index (Phi) is 3.50. The number of hydrogen-bond donors (Lipinski definition) is 0. The summed E-state index contributed by atoms with van der Waals surface area (Å²) in [6.45, 7) is 1.87. The molecule has 0 N–H and O–H groups in total. The molecule has 0 saturated carbocycles. The number of halogens is 2. The molecule has 0 saturated heterocycles. The molecule has 5 heteroatoms. The summed E-state index contributed by atoms with van der Waals surface area (Å²) in [5.41, 5.74) is 1.55. The van der Waals surface area contributed by atoms with Gasteiger partial charge >= 0.3 is 0 Å². The van der Waals surface area contributed by atoms with Crippen LogP contribution in [0.2, 0.25) is 10.0 Å². The summed E-state index contributed by atoms with van der Waals surface area (Å²) in [5, 5.41) is 1.10. The van der Waals surface area contributed by atoms with Crippen molar-refractivity contribution >= 4 is 23.2 Å². The highest BCUT2D eigenvalue weighted by Gasteiger charge is 2.09. The van der Waals surface area contributed by atoms with E-state index in [0.29, 0.717) is 21.7 Å². The van der Waals surface area contributed by atoms with E-state index in [1.54, 1.807) is 31.4 Å². The van der Waals surface area contributed by atoms with Crippen molar-refractivity contribution in [1.29, 1.82) is 0 Å². The van der Waals surface area contributed by atoms with Gasteiger partial charge in [-0.05, 0) is 25.1 Å². The van der Waals surface area contributed by atoms with Gasteiger partial charge in [0.25, 0.3) is 0 Å². The molecule has 2 rings (SSSR count). The number of methoxy groups -OCH3 is 1. The average molecular weight is 269 g/mol. The van der Waals surface area contributed by atoms with Gasteiger partial charge in [-0.2, -0.15) is 4.98 Å². The third kappa shape index (κ3) is 2.68. The van der Waals surface area contributed by atoms with Crippen LogP contribution in [0.1, 0.15) is 5.69 Å². The molecule has 1 aromatic heterocycles. The lowest BCUT2D eigenvalue weighted by molar-refractivity contribution is 0.397. The number of hydrogen-bond acceptors (Lipinski definition) is 3. The molecule has 0 unspecified atom stereocenters. The number of ether oxygens (including phenoxy) is 1. The summed E-state index contributed by atoms with van der Waals surface area (Å²) in [5.74, 6) is 1.04. The highest BCUT2D eigenvalue weighted by Crippen LogP contribution is 2.29. The molecule has 0 fully saturated rings. The van der Waals surface area contributed by atoms with Gasteiger partial charge in [0.1, 0.15) is 0 Å². The van der Waals surface area contributed by atoms with Gasteiger partial charge in [0.2, 0.25) is 5.88 Å². The minimum absolute atomic E-state index is 0.513. The Morgan fingerprint density at radius 1 is 1.12 bits per heavy atom. The molecule has 0 aliphatic carbocycles. The molecule has 0 aliphatic heterocycles. The summed E-state index contributed by atoms with van der Waals surface area (Å²) in [4.78, 5) is 8.58. The molecule has 0 radical (unpaired) electrons. The molecule has 1 aromatic carbocycles. The Labute approximate surface area is 109 Å². The Morgan fingerprint density at radius 2 is 1.88 bits per heavy atom. The Morgan fingerprint density at radius 3 is 2.53 bits per heavy atom. The number of nitrogens with zero attached hydrogens (tertiary/aromatic N) is 2.